The average Bonchev–Trinajstić information content (AvgIpc) is 1.54. The van der Waals surface area contributed by atoms with Crippen LogP contribution in [-0.4, -0.2) is 4.32 Å². The summed E-state index contributed by atoms with van der Waals surface area (Å²) in [6.07, 6.45) is 5.63. The first-order valence-electron chi connectivity index (χ1n) is 3.55. The number of halogens is 1. The Morgan fingerprint density at radius 3 is 2.50 bits per heavy atom. The van der Waals surface area contributed by atoms with Gasteiger partial charge < -0.3 is 0 Å². The Morgan fingerprint density at radius 1 is 1.50 bits per heavy atom. The second-order valence-electron chi connectivity index (χ2n) is 3.33. The third-order valence-electron chi connectivity index (χ3n) is 1.63. The van der Waals surface area contributed by atoms with Crippen molar-refractivity contribution >= 4 is 15.9 Å². The van der Waals surface area contributed by atoms with Crippen LogP contribution in [0, 0.1) is 0 Å². The zero-order valence-corrected chi connectivity index (χ0v) is 8.33. The van der Waals surface area contributed by atoms with Crippen LogP contribution < -0.4 is 0 Å². The highest BCUT2D eigenvalue weighted by molar-refractivity contribution is 9.10. The summed E-state index contributed by atoms with van der Waals surface area (Å²) < 4.78 is 0.204. The number of rotatable bonds is 0. The van der Waals surface area contributed by atoms with Crippen molar-refractivity contribution in [3.63, 3.8) is 0 Å². The van der Waals surface area contributed by atoms with Gasteiger partial charge in [-0.1, -0.05) is 39.2 Å². The zero-order chi connectivity index (χ0) is 7.78. The Labute approximate surface area is 71.1 Å². The summed E-state index contributed by atoms with van der Waals surface area (Å²) in [4.78, 5) is 0. The van der Waals surface area contributed by atoms with E-state index in [1.54, 1.807) is 0 Å². The Balaban J connectivity index is 2.88. The summed E-state index contributed by atoms with van der Waals surface area (Å²) in [7, 11) is 0. The first-order chi connectivity index (χ1) is 4.49. The third-order valence-corrected chi connectivity index (χ3v) is 2.14. The number of allylic oxidation sites excluding steroid dienone is 4. The van der Waals surface area contributed by atoms with Gasteiger partial charge in [0, 0.05) is 4.32 Å². The van der Waals surface area contributed by atoms with Gasteiger partial charge in [0.25, 0.3) is 0 Å². The molecule has 1 unspecified atom stereocenters. The van der Waals surface area contributed by atoms with Gasteiger partial charge in [0.1, 0.15) is 0 Å². The molecule has 1 atom stereocenters. The SMILES string of the molecule is CC1=CC(C)(Br)CC(C)=C1. The molecule has 0 amide bonds. The molecule has 0 fully saturated rings. The second-order valence-corrected chi connectivity index (χ2v) is 5.15. The summed E-state index contributed by atoms with van der Waals surface area (Å²) in [6, 6.07) is 0. The fourth-order valence-corrected chi connectivity index (χ4v) is 2.36. The van der Waals surface area contributed by atoms with Crippen LogP contribution in [-0.2, 0) is 0 Å². The molecule has 0 saturated carbocycles. The highest BCUT2D eigenvalue weighted by Crippen LogP contribution is 2.32. The minimum Gasteiger partial charge on any atom is -0.0807 e. The van der Waals surface area contributed by atoms with Gasteiger partial charge in [-0.2, -0.15) is 0 Å². The van der Waals surface area contributed by atoms with Gasteiger partial charge >= 0.3 is 0 Å². The van der Waals surface area contributed by atoms with Crippen LogP contribution in [0.1, 0.15) is 27.2 Å². The highest BCUT2D eigenvalue weighted by Gasteiger charge is 2.20. The minimum absolute atomic E-state index is 0.204. The first-order valence-corrected chi connectivity index (χ1v) is 4.34. The molecule has 1 heteroatoms. The van der Waals surface area contributed by atoms with E-state index in [0.717, 1.165) is 6.42 Å². The van der Waals surface area contributed by atoms with Crippen molar-refractivity contribution in [2.24, 2.45) is 0 Å². The summed E-state index contributed by atoms with van der Waals surface area (Å²) >= 11 is 3.66. The number of alkyl halides is 1. The van der Waals surface area contributed by atoms with Crippen LogP contribution >= 0.6 is 15.9 Å². The Bertz CT molecular complexity index is 197. The molecule has 0 saturated heterocycles. The van der Waals surface area contributed by atoms with Crippen molar-refractivity contribution in [1.29, 1.82) is 0 Å². The van der Waals surface area contributed by atoms with Crippen LogP contribution in [0.5, 0.6) is 0 Å². The fraction of sp³-hybridized carbons (Fsp3) is 0.556. The monoisotopic (exact) mass is 200 g/mol. The maximum Gasteiger partial charge on any atom is 0.0451 e. The van der Waals surface area contributed by atoms with Gasteiger partial charge in [-0.3, -0.25) is 0 Å². The topological polar surface area (TPSA) is 0 Å². The van der Waals surface area contributed by atoms with Crippen LogP contribution in [0.3, 0.4) is 0 Å². The van der Waals surface area contributed by atoms with E-state index in [4.69, 9.17) is 0 Å². The van der Waals surface area contributed by atoms with E-state index >= 15 is 0 Å². The van der Waals surface area contributed by atoms with Gasteiger partial charge in [0.05, 0.1) is 0 Å². The molecule has 1 rings (SSSR count). The van der Waals surface area contributed by atoms with E-state index in [2.05, 4.69) is 48.9 Å². The van der Waals surface area contributed by atoms with Crippen molar-refractivity contribution in [3.8, 4) is 0 Å². The van der Waals surface area contributed by atoms with E-state index in [9.17, 15) is 0 Å². The van der Waals surface area contributed by atoms with Crippen LogP contribution in [0.15, 0.2) is 23.3 Å². The van der Waals surface area contributed by atoms with Crippen molar-refractivity contribution < 1.29 is 0 Å². The Morgan fingerprint density at radius 2 is 2.10 bits per heavy atom. The lowest BCUT2D eigenvalue weighted by Gasteiger charge is -2.23. The molecule has 0 radical (unpaired) electrons. The maximum absolute atomic E-state index is 3.66. The van der Waals surface area contributed by atoms with Gasteiger partial charge in [-0.05, 0) is 27.2 Å². The quantitative estimate of drug-likeness (QED) is 0.526. The van der Waals surface area contributed by atoms with E-state index in [1.165, 1.54) is 11.1 Å². The fourth-order valence-electron chi connectivity index (χ4n) is 1.55. The van der Waals surface area contributed by atoms with E-state index < -0.39 is 0 Å². The molecule has 10 heavy (non-hydrogen) atoms. The van der Waals surface area contributed by atoms with E-state index in [0.29, 0.717) is 0 Å². The van der Waals surface area contributed by atoms with Gasteiger partial charge in [-0.25, -0.2) is 0 Å². The third kappa shape index (κ3) is 1.98. The average molecular weight is 201 g/mol. The summed E-state index contributed by atoms with van der Waals surface area (Å²) in [5.74, 6) is 0. The normalized spacial score (nSPS) is 33.2. The molecule has 0 bridgehead atoms. The molecule has 0 aromatic rings. The minimum atomic E-state index is 0.204. The molecular formula is C9H13Br. The number of hydrogen-bond donors (Lipinski definition) is 0. The largest absolute Gasteiger partial charge is 0.0807 e. The van der Waals surface area contributed by atoms with Crippen LogP contribution in [0.2, 0.25) is 0 Å². The lowest BCUT2D eigenvalue weighted by atomic mass is 9.93. The Kier molecular flexibility index (Phi) is 2.04. The van der Waals surface area contributed by atoms with E-state index in [-0.39, 0.29) is 4.32 Å². The summed E-state index contributed by atoms with van der Waals surface area (Å²) in [5, 5.41) is 0. The molecule has 0 aromatic carbocycles. The molecule has 0 aliphatic heterocycles. The first kappa shape index (κ1) is 8.06. The second kappa shape index (κ2) is 2.54. The molecule has 0 heterocycles. The van der Waals surface area contributed by atoms with Gasteiger partial charge in [0.15, 0.2) is 0 Å². The summed E-state index contributed by atoms with van der Waals surface area (Å²) in [6.45, 7) is 6.52. The lowest BCUT2D eigenvalue weighted by molar-refractivity contribution is 0.771. The van der Waals surface area contributed by atoms with E-state index in [1.807, 2.05) is 0 Å². The molecular weight excluding hydrogens is 188 g/mol. The molecule has 56 valence electrons. The molecule has 0 aromatic heterocycles. The van der Waals surface area contributed by atoms with Gasteiger partial charge in [-0.15, -0.1) is 0 Å². The predicted octanol–water partition coefficient (Wildman–Crippen LogP) is 3.44. The van der Waals surface area contributed by atoms with Crippen LogP contribution in [0.25, 0.3) is 0 Å². The van der Waals surface area contributed by atoms with Crippen molar-refractivity contribution in [3.05, 3.63) is 23.3 Å². The zero-order valence-electron chi connectivity index (χ0n) is 6.74. The molecule has 0 N–H and O–H groups in total. The van der Waals surface area contributed by atoms with Crippen molar-refractivity contribution in [2.75, 3.05) is 0 Å². The van der Waals surface area contributed by atoms with Gasteiger partial charge in [0.2, 0.25) is 0 Å². The van der Waals surface area contributed by atoms with Crippen LogP contribution in [0.4, 0.5) is 0 Å². The Hall–Kier alpha value is -0.0400. The molecule has 0 spiro atoms. The smallest absolute Gasteiger partial charge is 0.0451 e. The highest BCUT2D eigenvalue weighted by atomic mass is 79.9. The molecule has 1 aliphatic rings. The number of hydrogen-bond acceptors (Lipinski definition) is 0. The lowest BCUT2D eigenvalue weighted by Crippen LogP contribution is -2.15. The molecule has 1 aliphatic carbocycles. The molecule has 0 nitrogen and oxygen atoms in total. The maximum atomic E-state index is 3.66. The van der Waals surface area contributed by atoms with Crippen molar-refractivity contribution in [2.45, 2.75) is 31.5 Å². The standard InChI is InChI=1S/C9H13Br/c1-7-4-8(2)6-9(3,10)5-7/h4-5H,6H2,1-3H3. The predicted molar refractivity (Wildman–Crippen MR) is 49.5 cm³/mol. The van der Waals surface area contributed by atoms with Crippen molar-refractivity contribution in [1.82, 2.24) is 0 Å². The summed E-state index contributed by atoms with van der Waals surface area (Å²) in [5.41, 5.74) is 2.82.